The van der Waals surface area contributed by atoms with Gasteiger partial charge in [0.2, 0.25) is 5.91 Å². The molecule has 8 heteroatoms. The number of amides is 1. The van der Waals surface area contributed by atoms with Crippen molar-refractivity contribution >= 4 is 34.4 Å². The Hall–Kier alpha value is -3.32. The van der Waals surface area contributed by atoms with Crippen molar-refractivity contribution in [3.05, 3.63) is 75.8 Å². The van der Waals surface area contributed by atoms with Gasteiger partial charge in [-0.1, -0.05) is 29.8 Å². The Bertz CT molecular complexity index is 1270. The zero-order valence-electron chi connectivity index (χ0n) is 16.1. The van der Waals surface area contributed by atoms with Crippen LogP contribution in [-0.2, 0) is 17.9 Å². The first kappa shape index (κ1) is 19.0. The van der Waals surface area contributed by atoms with Crippen molar-refractivity contribution in [1.82, 2.24) is 18.9 Å². The van der Waals surface area contributed by atoms with Gasteiger partial charge in [-0.05, 0) is 44.2 Å². The van der Waals surface area contributed by atoms with Gasteiger partial charge in [0.1, 0.15) is 12.4 Å². The summed E-state index contributed by atoms with van der Waals surface area (Å²) in [6, 6.07) is 16.4. The molecule has 4 rings (SSSR count). The van der Waals surface area contributed by atoms with E-state index in [4.69, 9.17) is 11.6 Å². The van der Waals surface area contributed by atoms with Gasteiger partial charge in [0.05, 0.1) is 22.4 Å². The number of imidazole rings is 1. The predicted molar refractivity (Wildman–Crippen MR) is 114 cm³/mol. The van der Waals surface area contributed by atoms with Crippen molar-refractivity contribution in [3.8, 4) is 5.69 Å². The van der Waals surface area contributed by atoms with E-state index >= 15 is 0 Å². The van der Waals surface area contributed by atoms with Crippen LogP contribution < -0.4 is 11.0 Å². The molecule has 2 aromatic heterocycles. The van der Waals surface area contributed by atoms with Gasteiger partial charge in [0.15, 0.2) is 0 Å². The van der Waals surface area contributed by atoms with E-state index in [9.17, 15) is 9.59 Å². The molecule has 0 atom stereocenters. The van der Waals surface area contributed by atoms with Gasteiger partial charge in [-0.15, -0.1) is 0 Å². The summed E-state index contributed by atoms with van der Waals surface area (Å²) >= 11 is 6.09. The number of nitrogens with one attached hydrogen (secondary N) is 1. The quantitative estimate of drug-likeness (QED) is 0.547. The third-order valence-electron chi connectivity index (χ3n) is 4.69. The molecule has 0 fully saturated rings. The summed E-state index contributed by atoms with van der Waals surface area (Å²) in [5.74, 6) is 0.205. The summed E-state index contributed by atoms with van der Waals surface area (Å²) in [7, 11) is 0. The number of halogens is 1. The lowest BCUT2D eigenvalue weighted by atomic mass is 10.3. The Morgan fingerprint density at radius 1 is 1.07 bits per heavy atom. The molecule has 4 aromatic rings. The average Bonchev–Trinajstić information content (AvgIpc) is 3.19. The maximum absolute atomic E-state index is 12.8. The molecule has 0 aliphatic rings. The van der Waals surface area contributed by atoms with E-state index in [0.29, 0.717) is 17.4 Å². The number of nitrogens with zero attached hydrogens (tertiary/aromatic N) is 4. The Morgan fingerprint density at radius 2 is 1.79 bits per heavy atom. The van der Waals surface area contributed by atoms with Crippen LogP contribution >= 0.6 is 11.6 Å². The normalized spacial score (nSPS) is 11.1. The van der Waals surface area contributed by atoms with Crippen molar-refractivity contribution < 1.29 is 4.79 Å². The number of aryl methyl sites for hydroxylation is 2. The summed E-state index contributed by atoms with van der Waals surface area (Å²) in [5, 5.41) is 7.88. The fraction of sp³-hybridized carbons (Fsp3) is 0.190. The van der Waals surface area contributed by atoms with E-state index in [1.807, 2.05) is 50.2 Å². The van der Waals surface area contributed by atoms with Crippen molar-refractivity contribution in [2.24, 2.45) is 0 Å². The summed E-state index contributed by atoms with van der Waals surface area (Å²) in [5.41, 5.74) is 2.82. The van der Waals surface area contributed by atoms with Crippen LogP contribution in [0.15, 0.2) is 59.4 Å². The number of anilines is 1. The van der Waals surface area contributed by atoms with Crippen molar-refractivity contribution in [2.45, 2.75) is 26.9 Å². The highest BCUT2D eigenvalue weighted by atomic mass is 35.5. The zero-order valence-corrected chi connectivity index (χ0v) is 16.8. The number of carbonyl (C=O) groups is 1. The molecule has 148 valence electrons. The molecule has 2 aromatic carbocycles. The number of para-hydroxylation sites is 2. The Balaban J connectivity index is 1.65. The second-order valence-electron chi connectivity index (χ2n) is 6.71. The molecule has 2 heterocycles. The molecular formula is C21H20ClN5O2. The molecule has 0 bridgehead atoms. The molecule has 0 aliphatic heterocycles. The first-order chi connectivity index (χ1) is 14.0. The van der Waals surface area contributed by atoms with Crippen molar-refractivity contribution in [1.29, 1.82) is 0 Å². The van der Waals surface area contributed by atoms with E-state index in [2.05, 4.69) is 10.4 Å². The van der Waals surface area contributed by atoms with Crippen molar-refractivity contribution in [2.75, 3.05) is 5.32 Å². The second-order valence-corrected chi connectivity index (χ2v) is 7.15. The van der Waals surface area contributed by atoms with Gasteiger partial charge in [-0.3, -0.25) is 13.9 Å². The molecule has 1 N–H and O–H groups in total. The topological polar surface area (TPSA) is 73.8 Å². The van der Waals surface area contributed by atoms with E-state index in [1.54, 1.807) is 27.4 Å². The molecule has 1 amide bonds. The van der Waals surface area contributed by atoms with Crippen LogP contribution in [0.3, 0.4) is 0 Å². The highest BCUT2D eigenvalue weighted by Crippen LogP contribution is 2.20. The fourth-order valence-corrected chi connectivity index (χ4v) is 3.63. The molecule has 29 heavy (non-hydrogen) atoms. The maximum Gasteiger partial charge on any atom is 0.329 e. The highest BCUT2D eigenvalue weighted by molar-refractivity contribution is 6.30. The van der Waals surface area contributed by atoms with Gasteiger partial charge in [0, 0.05) is 17.6 Å². The standard InChI is InChI=1S/C21H20ClN5O2/c1-3-25-17-9-4-5-10-18(17)26(21(25)29)13-20(28)23-19-11-14(2)24-27(19)16-8-6-7-15(22)12-16/h4-12H,3,13H2,1-2H3,(H,23,28). The molecule has 0 aliphatic carbocycles. The highest BCUT2D eigenvalue weighted by Gasteiger charge is 2.16. The minimum atomic E-state index is -0.311. The van der Waals surface area contributed by atoms with E-state index in [1.165, 1.54) is 4.57 Å². The van der Waals surface area contributed by atoms with Crippen LogP contribution in [0, 0.1) is 6.92 Å². The van der Waals surface area contributed by atoms with Crippen LogP contribution in [0.1, 0.15) is 12.6 Å². The minimum absolute atomic E-state index is 0.0912. The van der Waals surface area contributed by atoms with Gasteiger partial charge in [-0.2, -0.15) is 5.10 Å². The maximum atomic E-state index is 12.8. The summed E-state index contributed by atoms with van der Waals surface area (Å²) < 4.78 is 4.77. The lowest BCUT2D eigenvalue weighted by molar-refractivity contribution is -0.116. The van der Waals surface area contributed by atoms with Crippen LogP contribution in [0.5, 0.6) is 0 Å². The molecule has 0 spiro atoms. The smallest absolute Gasteiger partial charge is 0.309 e. The number of fused-ring (bicyclic) bond motifs is 1. The number of hydrogen-bond donors (Lipinski definition) is 1. The van der Waals surface area contributed by atoms with E-state index in [-0.39, 0.29) is 18.1 Å². The fourth-order valence-electron chi connectivity index (χ4n) is 3.45. The molecule has 0 saturated carbocycles. The monoisotopic (exact) mass is 409 g/mol. The number of carbonyl (C=O) groups excluding carboxylic acids is 1. The van der Waals surface area contributed by atoms with Gasteiger partial charge in [0.25, 0.3) is 0 Å². The molecule has 0 radical (unpaired) electrons. The van der Waals surface area contributed by atoms with Crippen LogP contribution in [-0.4, -0.2) is 24.8 Å². The van der Waals surface area contributed by atoms with Gasteiger partial charge < -0.3 is 5.32 Å². The van der Waals surface area contributed by atoms with Crippen LogP contribution in [0.4, 0.5) is 5.82 Å². The second kappa shape index (κ2) is 7.60. The molecule has 0 saturated heterocycles. The van der Waals surface area contributed by atoms with E-state index < -0.39 is 0 Å². The molecule has 0 unspecified atom stereocenters. The van der Waals surface area contributed by atoms with E-state index in [0.717, 1.165) is 22.4 Å². The third kappa shape index (κ3) is 3.56. The summed E-state index contributed by atoms with van der Waals surface area (Å²) in [6.07, 6.45) is 0. The number of benzene rings is 2. The minimum Gasteiger partial charge on any atom is -0.309 e. The van der Waals surface area contributed by atoms with Crippen molar-refractivity contribution in [3.63, 3.8) is 0 Å². The summed E-state index contributed by atoms with van der Waals surface area (Å²) in [4.78, 5) is 25.5. The SMILES string of the molecule is CCn1c(=O)n(CC(=O)Nc2cc(C)nn2-c2cccc(Cl)c2)c2ccccc21. The zero-order chi connectivity index (χ0) is 20.5. The Labute approximate surface area is 172 Å². The first-order valence-corrected chi connectivity index (χ1v) is 9.66. The lowest BCUT2D eigenvalue weighted by Gasteiger charge is -2.10. The van der Waals surface area contributed by atoms with Crippen LogP contribution in [0.25, 0.3) is 16.7 Å². The first-order valence-electron chi connectivity index (χ1n) is 9.28. The predicted octanol–water partition coefficient (Wildman–Crippen LogP) is 3.61. The molecule has 7 nitrogen and oxygen atoms in total. The molecular weight excluding hydrogens is 390 g/mol. The number of aromatic nitrogens is 4. The average molecular weight is 410 g/mol. The Morgan fingerprint density at radius 3 is 2.48 bits per heavy atom. The number of rotatable bonds is 5. The number of hydrogen-bond acceptors (Lipinski definition) is 3. The Kier molecular flexibility index (Phi) is 4.98. The summed E-state index contributed by atoms with van der Waals surface area (Å²) in [6.45, 7) is 4.20. The largest absolute Gasteiger partial charge is 0.329 e. The lowest BCUT2D eigenvalue weighted by Crippen LogP contribution is -2.29. The third-order valence-corrected chi connectivity index (χ3v) is 4.93. The van der Waals surface area contributed by atoms with Gasteiger partial charge >= 0.3 is 5.69 Å². The van der Waals surface area contributed by atoms with Crippen LogP contribution in [0.2, 0.25) is 5.02 Å². The van der Waals surface area contributed by atoms with Gasteiger partial charge in [-0.25, -0.2) is 9.48 Å².